The number of halogens is 1. The predicted octanol–water partition coefficient (Wildman–Crippen LogP) is 3.88. The third kappa shape index (κ3) is 4.74. The summed E-state index contributed by atoms with van der Waals surface area (Å²) in [5, 5.41) is 11.8. The van der Waals surface area contributed by atoms with E-state index in [0.717, 1.165) is 0 Å². The fourth-order valence-corrected chi connectivity index (χ4v) is 1.85. The molecule has 0 aliphatic carbocycles. The molecule has 0 aliphatic heterocycles. The van der Waals surface area contributed by atoms with Crippen molar-refractivity contribution in [3.8, 4) is 0 Å². The van der Waals surface area contributed by atoms with Gasteiger partial charge in [-0.25, -0.2) is 4.79 Å². The van der Waals surface area contributed by atoms with E-state index in [1.165, 1.54) is 6.07 Å². The van der Waals surface area contributed by atoms with Crippen LogP contribution in [0.2, 0.25) is 5.02 Å². The fraction of sp³-hybridized carbons (Fsp3) is 0.429. The van der Waals surface area contributed by atoms with Crippen molar-refractivity contribution >= 4 is 29.4 Å². The Morgan fingerprint density at radius 2 is 1.95 bits per heavy atom. The topological polar surface area (TPSA) is 75.6 Å². The fourth-order valence-electron chi connectivity index (χ4n) is 1.51. The third-order valence-electron chi connectivity index (χ3n) is 2.48. The lowest BCUT2D eigenvalue weighted by Gasteiger charge is -2.20. The number of anilines is 1. The first-order valence-corrected chi connectivity index (χ1v) is 6.50. The second-order valence-electron chi connectivity index (χ2n) is 5.42. The molecular formula is C14H18ClNO4. The van der Waals surface area contributed by atoms with E-state index in [-0.39, 0.29) is 5.02 Å². The van der Waals surface area contributed by atoms with Crippen LogP contribution in [0.1, 0.15) is 39.2 Å². The van der Waals surface area contributed by atoms with Gasteiger partial charge in [0, 0.05) is 10.7 Å². The van der Waals surface area contributed by atoms with E-state index in [0.29, 0.717) is 11.3 Å². The van der Waals surface area contributed by atoms with Gasteiger partial charge in [-0.1, -0.05) is 17.7 Å². The van der Waals surface area contributed by atoms with E-state index in [1.807, 2.05) is 0 Å². The van der Waals surface area contributed by atoms with Crippen molar-refractivity contribution < 1.29 is 19.4 Å². The molecule has 0 bridgehead atoms. The number of rotatable bonds is 3. The summed E-state index contributed by atoms with van der Waals surface area (Å²) >= 11 is 6.03. The molecule has 1 amide bonds. The first-order valence-electron chi connectivity index (χ1n) is 6.12. The maximum atomic E-state index is 11.6. The van der Waals surface area contributed by atoms with Crippen molar-refractivity contribution in [2.24, 2.45) is 0 Å². The minimum Gasteiger partial charge on any atom is -0.481 e. The number of carboxylic acid groups (broad SMARTS) is 1. The van der Waals surface area contributed by atoms with Crippen molar-refractivity contribution in [1.82, 2.24) is 0 Å². The molecule has 0 aliphatic rings. The van der Waals surface area contributed by atoms with Gasteiger partial charge in [0.25, 0.3) is 0 Å². The molecule has 6 heteroatoms. The normalized spacial score (nSPS) is 12.7. The molecule has 0 heterocycles. The van der Waals surface area contributed by atoms with Crippen LogP contribution in [0.3, 0.4) is 0 Å². The van der Waals surface area contributed by atoms with Crippen LogP contribution in [0.4, 0.5) is 10.5 Å². The number of ether oxygens (including phenoxy) is 1. The minimum absolute atomic E-state index is 0.286. The van der Waals surface area contributed by atoms with E-state index >= 15 is 0 Å². The summed E-state index contributed by atoms with van der Waals surface area (Å²) in [4.78, 5) is 22.5. The highest BCUT2D eigenvalue weighted by atomic mass is 35.5. The Labute approximate surface area is 122 Å². The number of nitrogens with one attached hydrogen (secondary N) is 1. The van der Waals surface area contributed by atoms with Gasteiger partial charge < -0.3 is 9.84 Å². The Kier molecular flexibility index (Phi) is 5.00. The molecule has 1 atom stereocenters. The van der Waals surface area contributed by atoms with Crippen molar-refractivity contribution in [1.29, 1.82) is 0 Å². The van der Waals surface area contributed by atoms with Gasteiger partial charge in [-0.2, -0.15) is 0 Å². The van der Waals surface area contributed by atoms with E-state index in [4.69, 9.17) is 21.4 Å². The van der Waals surface area contributed by atoms with Crippen LogP contribution < -0.4 is 5.32 Å². The Morgan fingerprint density at radius 3 is 2.40 bits per heavy atom. The van der Waals surface area contributed by atoms with E-state index < -0.39 is 23.6 Å². The molecule has 0 fully saturated rings. The zero-order valence-corrected chi connectivity index (χ0v) is 12.6. The average molecular weight is 300 g/mol. The number of benzene rings is 1. The predicted molar refractivity (Wildman–Crippen MR) is 77.4 cm³/mol. The Morgan fingerprint density at radius 1 is 1.35 bits per heavy atom. The SMILES string of the molecule is CC(C(=O)O)c1ccc(NC(=O)OC(C)(C)C)cc1Cl. The molecule has 1 rings (SSSR count). The number of carbonyl (C=O) groups excluding carboxylic acids is 1. The summed E-state index contributed by atoms with van der Waals surface area (Å²) in [7, 11) is 0. The molecule has 1 aromatic carbocycles. The van der Waals surface area contributed by atoms with Crippen molar-refractivity contribution in [3.05, 3.63) is 28.8 Å². The first-order chi connectivity index (χ1) is 9.10. The van der Waals surface area contributed by atoms with E-state index in [2.05, 4.69) is 5.32 Å². The summed E-state index contributed by atoms with van der Waals surface area (Å²) in [6.45, 7) is 6.83. The largest absolute Gasteiger partial charge is 0.481 e. The van der Waals surface area contributed by atoms with Crippen LogP contribution in [-0.4, -0.2) is 22.8 Å². The van der Waals surface area contributed by atoms with E-state index in [1.54, 1.807) is 39.8 Å². The van der Waals surface area contributed by atoms with Crippen LogP contribution in [0.25, 0.3) is 0 Å². The summed E-state index contributed by atoms with van der Waals surface area (Å²) in [5.74, 6) is -1.67. The maximum absolute atomic E-state index is 11.6. The van der Waals surface area contributed by atoms with Crippen molar-refractivity contribution in [2.45, 2.75) is 39.2 Å². The first kappa shape index (κ1) is 16.3. The van der Waals surface area contributed by atoms with Gasteiger partial charge in [-0.15, -0.1) is 0 Å². The highest BCUT2D eigenvalue weighted by molar-refractivity contribution is 6.32. The van der Waals surface area contributed by atoms with Crippen molar-refractivity contribution in [3.63, 3.8) is 0 Å². The summed E-state index contributed by atoms with van der Waals surface area (Å²) in [5.41, 5.74) is 0.352. The molecule has 0 saturated heterocycles. The molecule has 0 aromatic heterocycles. The van der Waals surface area contributed by atoms with Crippen LogP contribution in [0, 0.1) is 0 Å². The molecule has 20 heavy (non-hydrogen) atoms. The van der Waals surface area contributed by atoms with Gasteiger partial charge in [0.15, 0.2) is 0 Å². The molecule has 1 unspecified atom stereocenters. The monoisotopic (exact) mass is 299 g/mol. The smallest absolute Gasteiger partial charge is 0.412 e. The van der Waals surface area contributed by atoms with Gasteiger partial charge in [0.05, 0.1) is 5.92 Å². The lowest BCUT2D eigenvalue weighted by molar-refractivity contribution is -0.138. The van der Waals surface area contributed by atoms with Crippen molar-refractivity contribution in [2.75, 3.05) is 5.32 Å². The highest BCUT2D eigenvalue weighted by Gasteiger charge is 2.19. The third-order valence-corrected chi connectivity index (χ3v) is 2.81. The van der Waals surface area contributed by atoms with Gasteiger partial charge in [-0.3, -0.25) is 10.1 Å². The van der Waals surface area contributed by atoms with Gasteiger partial charge in [-0.05, 0) is 45.4 Å². The molecular weight excluding hydrogens is 282 g/mol. The molecule has 0 saturated carbocycles. The Balaban J connectivity index is 2.83. The maximum Gasteiger partial charge on any atom is 0.412 e. The number of aliphatic carboxylic acids is 1. The number of carbonyl (C=O) groups is 2. The molecule has 0 spiro atoms. The molecule has 1 aromatic rings. The molecule has 2 N–H and O–H groups in total. The molecule has 110 valence electrons. The van der Waals surface area contributed by atoms with Crippen LogP contribution >= 0.6 is 11.6 Å². The van der Waals surface area contributed by atoms with Gasteiger partial charge in [0.2, 0.25) is 0 Å². The molecule has 5 nitrogen and oxygen atoms in total. The van der Waals surface area contributed by atoms with Gasteiger partial charge in [0.1, 0.15) is 5.60 Å². The lowest BCUT2D eigenvalue weighted by atomic mass is 10.0. The summed E-state index contributed by atoms with van der Waals surface area (Å²) in [6, 6.07) is 4.67. The summed E-state index contributed by atoms with van der Waals surface area (Å²) in [6.07, 6.45) is -0.590. The van der Waals surface area contributed by atoms with Crippen LogP contribution in [-0.2, 0) is 9.53 Å². The number of hydrogen-bond donors (Lipinski definition) is 2. The summed E-state index contributed by atoms with van der Waals surface area (Å²) < 4.78 is 5.11. The van der Waals surface area contributed by atoms with E-state index in [9.17, 15) is 9.59 Å². The van der Waals surface area contributed by atoms with Crippen LogP contribution in [0.5, 0.6) is 0 Å². The Bertz CT molecular complexity index is 522. The minimum atomic E-state index is -0.959. The number of carboxylic acids is 1. The number of hydrogen-bond acceptors (Lipinski definition) is 3. The van der Waals surface area contributed by atoms with Crippen LogP contribution in [0.15, 0.2) is 18.2 Å². The second kappa shape index (κ2) is 6.13. The average Bonchev–Trinajstić information content (AvgIpc) is 2.25. The Hall–Kier alpha value is -1.75. The zero-order chi connectivity index (χ0) is 15.5. The molecule has 0 radical (unpaired) electrons. The second-order valence-corrected chi connectivity index (χ2v) is 5.83. The standard InChI is InChI=1S/C14H18ClNO4/c1-8(12(17)18)10-6-5-9(7-11(10)15)16-13(19)20-14(2,3)4/h5-8H,1-4H3,(H,16,19)(H,17,18). The highest BCUT2D eigenvalue weighted by Crippen LogP contribution is 2.27. The van der Waals surface area contributed by atoms with Gasteiger partial charge >= 0.3 is 12.1 Å². The zero-order valence-electron chi connectivity index (χ0n) is 11.9. The number of amides is 1. The lowest BCUT2D eigenvalue weighted by Crippen LogP contribution is -2.27. The quantitative estimate of drug-likeness (QED) is 0.888.